The highest BCUT2D eigenvalue weighted by Crippen LogP contribution is 2.38. The van der Waals surface area contributed by atoms with Gasteiger partial charge in [-0.3, -0.25) is 35.8 Å². The van der Waals surface area contributed by atoms with Gasteiger partial charge in [-0.1, -0.05) is 23.7 Å². The zero-order chi connectivity index (χ0) is 21.1. The van der Waals surface area contributed by atoms with Gasteiger partial charge in [-0.25, -0.2) is 9.97 Å². The van der Waals surface area contributed by atoms with Gasteiger partial charge in [-0.15, -0.1) is 0 Å². The number of fused-ring (bicyclic) bond motifs is 1. The van der Waals surface area contributed by atoms with Crippen LogP contribution < -0.4 is 5.43 Å². The third-order valence-electron chi connectivity index (χ3n) is 3.60. The Morgan fingerprint density at radius 1 is 0.931 bits per heavy atom. The largest absolute Gasteiger partial charge is 0.308 e. The second-order valence-electron chi connectivity index (χ2n) is 5.39. The van der Waals surface area contributed by atoms with Gasteiger partial charge >= 0.3 is 11.4 Å². The lowest BCUT2D eigenvalue weighted by Crippen LogP contribution is -2.04. The van der Waals surface area contributed by atoms with Crippen LogP contribution in [0.1, 0.15) is 5.69 Å². The molecular formula is C15H8ClN7O6. The Labute approximate surface area is 165 Å². The molecule has 0 unspecified atom stereocenters. The number of non-ortho nitro benzene ring substituents is 1. The predicted molar refractivity (Wildman–Crippen MR) is 102 cm³/mol. The summed E-state index contributed by atoms with van der Waals surface area (Å²) in [4.78, 5) is 38.7. The monoisotopic (exact) mass is 417 g/mol. The number of para-hydroxylation sites is 2. The normalized spacial score (nSPS) is 10.9. The molecule has 0 atom stereocenters. The molecule has 2 aromatic carbocycles. The van der Waals surface area contributed by atoms with Crippen molar-refractivity contribution in [2.45, 2.75) is 0 Å². The molecule has 1 N–H and O–H groups in total. The Morgan fingerprint density at radius 2 is 1.48 bits per heavy atom. The highest BCUT2D eigenvalue weighted by Gasteiger charge is 2.30. The van der Waals surface area contributed by atoms with Crippen LogP contribution >= 0.6 is 11.6 Å². The summed E-state index contributed by atoms with van der Waals surface area (Å²) in [5.41, 5.74) is 0.0934. The van der Waals surface area contributed by atoms with Crippen molar-refractivity contribution in [2.24, 2.45) is 5.10 Å². The molecule has 0 fully saturated rings. The number of hydrogen-bond donors (Lipinski definition) is 1. The summed E-state index contributed by atoms with van der Waals surface area (Å²) < 4.78 is 0. The molecule has 0 aliphatic heterocycles. The lowest BCUT2D eigenvalue weighted by Gasteiger charge is -2.04. The second kappa shape index (κ2) is 7.77. The number of nitro benzene ring substituents is 3. The van der Waals surface area contributed by atoms with Crippen LogP contribution in [-0.4, -0.2) is 31.0 Å². The maximum atomic E-state index is 11.2. The standard InChI is InChI=1S/C15H8ClN7O6/c16-15-11(18-9-3-1-2-4-10(9)19-15)7-17-20-14-12(22(26)27)5-8(21(24)25)6-13(14)23(28)29/h1-7,20H. The molecule has 0 aliphatic carbocycles. The number of nitrogens with zero attached hydrogens (tertiary/aromatic N) is 6. The van der Waals surface area contributed by atoms with E-state index in [0.29, 0.717) is 23.2 Å². The first-order valence-corrected chi connectivity index (χ1v) is 7.98. The Hall–Kier alpha value is -4.26. The molecule has 0 spiro atoms. The van der Waals surface area contributed by atoms with Gasteiger partial charge in [0, 0.05) is 0 Å². The Morgan fingerprint density at radius 3 is 2.00 bits per heavy atom. The topological polar surface area (TPSA) is 180 Å². The molecule has 0 saturated carbocycles. The molecule has 0 saturated heterocycles. The van der Waals surface area contributed by atoms with Gasteiger partial charge in [0.1, 0.15) is 5.69 Å². The van der Waals surface area contributed by atoms with E-state index in [-0.39, 0.29) is 10.8 Å². The molecule has 146 valence electrons. The maximum Gasteiger partial charge on any atom is 0.308 e. The highest BCUT2D eigenvalue weighted by atomic mass is 35.5. The van der Waals surface area contributed by atoms with E-state index in [1.165, 1.54) is 0 Å². The minimum absolute atomic E-state index is 0.0121. The van der Waals surface area contributed by atoms with E-state index in [0.717, 1.165) is 6.21 Å². The molecule has 0 amide bonds. The number of nitro groups is 3. The quantitative estimate of drug-likeness (QED) is 0.356. The van der Waals surface area contributed by atoms with Crippen LogP contribution in [0, 0.1) is 30.3 Å². The van der Waals surface area contributed by atoms with E-state index in [9.17, 15) is 30.3 Å². The van der Waals surface area contributed by atoms with Gasteiger partial charge in [-0.05, 0) is 12.1 Å². The molecule has 3 aromatic rings. The van der Waals surface area contributed by atoms with Crippen LogP contribution in [0.2, 0.25) is 5.15 Å². The number of aromatic nitrogens is 2. The van der Waals surface area contributed by atoms with Crippen LogP contribution in [0.15, 0.2) is 41.5 Å². The van der Waals surface area contributed by atoms with Gasteiger partial charge in [0.25, 0.3) is 5.69 Å². The molecule has 3 rings (SSSR count). The van der Waals surface area contributed by atoms with Crippen molar-refractivity contribution in [3.63, 3.8) is 0 Å². The van der Waals surface area contributed by atoms with Crippen molar-refractivity contribution in [1.29, 1.82) is 0 Å². The molecule has 0 aliphatic rings. The second-order valence-corrected chi connectivity index (χ2v) is 5.75. The van der Waals surface area contributed by atoms with Gasteiger partial charge in [0.2, 0.25) is 5.69 Å². The smallest absolute Gasteiger partial charge is 0.266 e. The number of rotatable bonds is 6. The Bertz CT molecular complexity index is 1160. The summed E-state index contributed by atoms with van der Waals surface area (Å²) in [7, 11) is 0. The van der Waals surface area contributed by atoms with Crippen molar-refractivity contribution in [1.82, 2.24) is 9.97 Å². The molecule has 13 nitrogen and oxygen atoms in total. The van der Waals surface area contributed by atoms with Crippen molar-refractivity contribution < 1.29 is 14.8 Å². The van der Waals surface area contributed by atoms with E-state index < -0.39 is 37.5 Å². The van der Waals surface area contributed by atoms with Gasteiger partial charge < -0.3 is 0 Å². The molecular weight excluding hydrogens is 410 g/mol. The summed E-state index contributed by atoms with van der Waals surface area (Å²) >= 11 is 6.02. The third-order valence-corrected chi connectivity index (χ3v) is 3.88. The van der Waals surface area contributed by atoms with Gasteiger partial charge in [0.15, 0.2) is 5.15 Å². The van der Waals surface area contributed by atoms with Crippen LogP contribution in [0.5, 0.6) is 0 Å². The van der Waals surface area contributed by atoms with Crippen LogP contribution in [-0.2, 0) is 0 Å². The molecule has 0 radical (unpaired) electrons. The molecule has 14 heteroatoms. The van der Waals surface area contributed by atoms with Crippen molar-refractivity contribution >= 4 is 51.6 Å². The van der Waals surface area contributed by atoms with Gasteiger partial charge in [0.05, 0.1) is 44.2 Å². The minimum Gasteiger partial charge on any atom is -0.266 e. The summed E-state index contributed by atoms with van der Waals surface area (Å²) in [5, 5.41) is 37.0. The van der Waals surface area contributed by atoms with E-state index >= 15 is 0 Å². The molecule has 1 heterocycles. The summed E-state index contributed by atoms with van der Waals surface area (Å²) in [6.07, 6.45) is 1.07. The van der Waals surface area contributed by atoms with E-state index in [2.05, 4.69) is 20.5 Å². The predicted octanol–water partition coefficient (Wildman–Crippen LogP) is 3.45. The molecule has 1 aromatic heterocycles. The summed E-state index contributed by atoms with van der Waals surface area (Å²) in [6.45, 7) is 0. The number of anilines is 1. The van der Waals surface area contributed by atoms with Crippen LogP contribution in [0.4, 0.5) is 22.7 Å². The SMILES string of the molecule is O=[N+]([O-])c1cc([N+](=O)[O-])c(NN=Cc2nc3ccccc3nc2Cl)c([N+](=O)[O-])c1. The fourth-order valence-electron chi connectivity index (χ4n) is 2.34. The average Bonchev–Trinajstić information content (AvgIpc) is 2.67. The van der Waals surface area contributed by atoms with Crippen molar-refractivity contribution in [2.75, 3.05) is 5.43 Å². The first kappa shape index (κ1) is 19.5. The van der Waals surface area contributed by atoms with E-state index in [1.807, 2.05) is 0 Å². The first-order chi connectivity index (χ1) is 13.8. The van der Waals surface area contributed by atoms with Crippen molar-refractivity contribution in [3.05, 3.63) is 77.6 Å². The Kier molecular flexibility index (Phi) is 5.23. The zero-order valence-electron chi connectivity index (χ0n) is 14.1. The third kappa shape index (κ3) is 4.03. The Balaban J connectivity index is 2.02. The maximum absolute atomic E-state index is 11.2. The number of hydrogen-bond acceptors (Lipinski definition) is 10. The highest BCUT2D eigenvalue weighted by molar-refractivity contribution is 6.32. The fraction of sp³-hybridized carbons (Fsp3) is 0. The van der Waals surface area contributed by atoms with Crippen molar-refractivity contribution in [3.8, 4) is 0 Å². The van der Waals surface area contributed by atoms with Crippen LogP contribution in [0.3, 0.4) is 0 Å². The van der Waals surface area contributed by atoms with E-state index in [1.54, 1.807) is 24.3 Å². The first-order valence-electron chi connectivity index (χ1n) is 7.60. The lowest BCUT2D eigenvalue weighted by atomic mass is 10.2. The van der Waals surface area contributed by atoms with Crippen LogP contribution in [0.25, 0.3) is 11.0 Å². The fourth-order valence-corrected chi connectivity index (χ4v) is 2.52. The average molecular weight is 418 g/mol. The number of benzene rings is 2. The number of hydrazone groups is 1. The van der Waals surface area contributed by atoms with Gasteiger partial charge in [-0.2, -0.15) is 5.10 Å². The molecule has 0 bridgehead atoms. The number of nitrogens with one attached hydrogen (secondary N) is 1. The summed E-state index contributed by atoms with van der Waals surface area (Å²) in [6, 6.07) is 8.02. The number of halogens is 1. The van der Waals surface area contributed by atoms with E-state index in [4.69, 9.17) is 11.6 Å². The summed E-state index contributed by atoms with van der Waals surface area (Å²) in [5.74, 6) is 0. The minimum atomic E-state index is -0.999. The zero-order valence-corrected chi connectivity index (χ0v) is 14.8. The lowest BCUT2D eigenvalue weighted by molar-refractivity contribution is -0.401. The molecule has 29 heavy (non-hydrogen) atoms.